The van der Waals surface area contributed by atoms with Crippen LogP contribution < -0.4 is 4.74 Å². The molecule has 0 unspecified atom stereocenters. The molecule has 1 amide bonds. The SMILES string of the molecule is CN(Cc1ccc2ccccc2c1)C(=O)c1ccccc1OC(F)F. The molecular weight excluding hydrogens is 324 g/mol. The van der Waals surface area contributed by atoms with E-state index < -0.39 is 6.61 Å². The highest BCUT2D eigenvalue weighted by molar-refractivity contribution is 5.96. The van der Waals surface area contributed by atoms with E-state index in [-0.39, 0.29) is 17.2 Å². The summed E-state index contributed by atoms with van der Waals surface area (Å²) in [5.74, 6) is -0.489. The third-order valence-corrected chi connectivity index (χ3v) is 3.91. The molecule has 0 bridgehead atoms. The van der Waals surface area contributed by atoms with Crippen LogP contribution in [0.2, 0.25) is 0 Å². The smallest absolute Gasteiger partial charge is 0.387 e. The third kappa shape index (κ3) is 3.94. The van der Waals surface area contributed by atoms with Crippen LogP contribution in [-0.4, -0.2) is 24.5 Å². The van der Waals surface area contributed by atoms with Crippen LogP contribution in [0.5, 0.6) is 5.75 Å². The Morgan fingerprint density at radius 3 is 2.44 bits per heavy atom. The topological polar surface area (TPSA) is 29.5 Å². The number of benzene rings is 3. The van der Waals surface area contributed by atoms with Gasteiger partial charge in [0.2, 0.25) is 0 Å². The van der Waals surface area contributed by atoms with Crippen molar-refractivity contribution in [2.45, 2.75) is 13.2 Å². The minimum atomic E-state index is -2.97. The molecular formula is C20H17F2NO2. The minimum absolute atomic E-state index is 0.117. The molecule has 0 heterocycles. The molecule has 0 saturated carbocycles. The summed E-state index contributed by atoms with van der Waals surface area (Å²) in [6.45, 7) is -2.60. The predicted molar refractivity (Wildman–Crippen MR) is 92.8 cm³/mol. The van der Waals surface area contributed by atoms with Gasteiger partial charge >= 0.3 is 6.61 Å². The summed E-state index contributed by atoms with van der Waals surface area (Å²) in [5.41, 5.74) is 1.08. The van der Waals surface area contributed by atoms with Gasteiger partial charge in [-0.05, 0) is 34.5 Å². The predicted octanol–water partition coefficient (Wildman–Crippen LogP) is 4.71. The van der Waals surface area contributed by atoms with Crippen molar-refractivity contribution >= 4 is 16.7 Å². The van der Waals surface area contributed by atoms with Crippen LogP contribution in [0.1, 0.15) is 15.9 Å². The van der Waals surface area contributed by atoms with E-state index in [4.69, 9.17) is 0 Å². The summed E-state index contributed by atoms with van der Waals surface area (Å²) >= 11 is 0. The Labute approximate surface area is 144 Å². The first kappa shape index (κ1) is 16.9. The van der Waals surface area contributed by atoms with Gasteiger partial charge in [-0.25, -0.2) is 0 Å². The fourth-order valence-corrected chi connectivity index (χ4v) is 2.73. The van der Waals surface area contributed by atoms with Crippen LogP contribution >= 0.6 is 0 Å². The molecule has 3 aromatic rings. The van der Waals surface area contributed by atoms with Gasteiger partial charge < -0.3 is 9.64 Å². The Bertz CT molecular complexity index is 896. The van der Waals surface area contributed by atoms with Crippen LogP contribution in [-0.2, 0) is 6.54 Å². The monoisotopic (exact) mass is 341 g/mol. The molecule has 3 rings (SSSR count). The average Bonchev–Trinajstić information content (AvgIpc) is 2.61. The number of para-hydroxylation sites is 1. The quantitative estimate of drug-likeness (QED) is 0.672. The first-order valence-electron chi connectivity index (χ1n) is 7.81. The fourth-order valence-electron chi connectivity index (χ4n) is 2.73. The second-order valence-electron chi connectivity index (χ2n) is 5.72. The van der Waals surface area contributed by atoms with Gasteiger partial charge in [-0.15, -0.1) is 0 Å². The lowest BCUT2D eigenvalue weighted by molar-refractivity contribution is -0.0502. The molecule has 0 aromatic heterocycles. The molecule has 5 heteroatoms. The number of carbonyl (C=O) groups excluding carboxylic acids is 1. The van der Waals surface area contributed by atoms with Crippen molar-refractivity contribution in [1.82, 2.24) is 4.90 Å². The molecule has 25 heavy (non-hydrogen) atoms. The van der Waals surface area contributed by atoms with E-state index in [9.17, 15) is 13.6 Å². The van der Waals surface area contributed by atoms with Crippen LogP contribution in [0, 0.1) is 0 Å². The summed E-state index contributed by atoms with van der Waals surface area (Å²) < 4.78 is 29.5. The number of hydrogen-bond donors (Lipinski definition) is 0. The maximum absolute atomic E-state index is 12.6. The van der Waals surface area contributed by atoms with Crippen LogP contribution in [0.25, 0.3) is 10.8 Å². The first-order chi connectivity index (χ1) is 12.0. The molecule has 3 nitrogen and oxygen atoms in total. The van der Waals surface area contributed by atoms with Gasteiger partial charge in [0.25, 0.3) is 5.91 Å². The van der Waals surface area contributed by atoms with E-state index in [1.54, 1.807) is 19.2 Å². The van der Waals surface area contributed by atoms with Crippen LogP contribution in [0.4, 0.5) is 8.78 Å². The number of amides is 1. The zero-order chi connectivity index (χ0) is 17.8. The molecule has 3 aromatic carbocycles. The average molecular weight is 341 g/mol. The van der Waals surface area contributed by atoms with Gasteiger partial charge in [-0.1, -0.05) is 48.5 Å². The molecule has 0 spiro atoms. The minimum Gasteiger partial charge on any atom is -0.434 e. The Balaban J connectivity index is 1.80. The van der Waals surface area contributed by atoms with Crippen molar-refractivity contribution in [3.05, 3.63) is 77.9 Å². The highest BCUT2D eigenvalue weighted by Gasteiger charge is 2.18. The summed E-state index contributed by atoms with van der Waals surface area (Å²) in [7, 11) is 1.64. The molecule has 0 fully saturated rings. The lowest BCUT2D eigenvalue weighted by Gasteiger charge is -2.19. The van der Waals surface area contributed by atoms with Crippen molar-refractivity contribution in [2.75, 3.05) is 7.05 Å². The Kier molecular flexibility index (Phi) is 4.93. The number of hydrogen-bond acceptors (Lipinski definition) is 2. The van der Waals surface area contributed by atoms with Crippen LogP contribution in [0.15, 0.2) is 66.7 Å². The number of alkyl halides is 2. The maximum Gasteiger partial charge on any atom is 0.387 e. The zero-order valence-electron chi connectivity index (χ0n) is 13.7. The lowest BCUT2D eigenvalue weighted by atomic mass is 10.1. The van der Waals surface area contributed by atoms with E-state index in [1.165, 1.54) is 17.0 Å². The second kappa shape index (κ2) is 7.30. The van der Waals surface area contributed by atoms with E-state index in [0.717, 1.165) is 16.3 Å². The third-order valence-electron chi connectivity index (χ3n) is 3.91. The number of rotatable bonds is 5. The Hall–Kier alpha value is -2.95. The zero-order valence-corrected chi connectivity index (χ0v) is 13.7. The van der Waals surface area contributed by atoms with E-state index in [1.807, 2.05) is 42.5 Å². The van der Waals surface area contributed by atoms with Crippen molar-refractivity contribution in [2.24, 2.45) is 0 Å². The summed E-state index contributed by atoms with van der Waals surface area (Å²) in [6.07, 6.45) is 0. The molecule has 0 atom stereocenters. The Morgan fingerprint density at radius 1 is 1.00 bits per heavy atom. The van der Waals surface area contributed by atoms with Gasteiger partial charge in [0.05, 0.1) is 5.56 Å². The normalized spacial score (nSPS) is 10.9. The van der Waals surface area contributed by atoms with Gasteiger partial charge in [-0.3, -0.25) is 4.79 Å². The standard InChI is InChI=1S/C20H17F2NO2/c1-23(13-14-10-11-15-6-2-3-7-16(15)12-14)19(24)17-8-4-5-9-18(17)25-20(21)22/h2-12,20H,13H2,1H3. The largest absolute Gasteiger partial charge is 0.434 e. The highest BCUT2D eigenvalue weighted by atomic mass is 19.3. The molecule has 0 aliphatic rings. The van der Waals surface area contributed by atoms with Gasteiger partial charge in [0.1, 0.15) is 5.75 Å². The van der Waals surface area contributed by atoms with Crippen molar-refractivity contribution in [1.29, 1.82) is 0 Å². The van der Waals surface area contributed by atoms with Crippen LogP contribution in [0.3, 0.4) is 0 Å². The molecule has 0 saturated heterocycles. The van der Waals surface area contributed by atoms with Crippen molar-refractivity contribution < 1.29 is 18.3 Å². The summed E-state index contributed by atoms with van der Waals surface area (Å²) in [4.78, 5) is 14.1. The molecule has 0 aliphatic carbocycles. The number of halogens is 2. The molecule has 0 aliphatic heterocycles. The van der Waals surface area contributed by atoms with Gasteiger partial charge in [0.15, 0.2) is 0 Å². The molecule has 0 radical (unpaired) electrons. The first-order valence-corrected chi connectivity index (χ1v) is 7.81. The van der Waals surface area contributed by atoms with Gasteiger partial charge in [0, 0.05) is 13.6 Å². The fraction of sp³-hybridized carbons (Fsp3) is 0.150. The lowest BCUT2D eigenvalue weighted by Crippen LogP contribution is -2.27. The van der Waals surface area contributed by atoms with E-state index >= 15 is 0 Å². The van der Waals surface area contributed by atoms with E-state index in [2.05, 4.69) is 4.74 Å². The number of fused-ring (bicyclic) bond motifs is 1. The number of ether oxygens (including phenoxy) is 1. The summed E-state index contributed by atoms with van der Waals surface area (Å²) in [5, 5.41) is 2.21. The highest BCUT2D eigenvalue weighted by Crippen LogP contribution is 2.23. The second-order valence-corrected chi connectivity index (χ2v) is 5.72. The van der Waals surface area contributed by atoms with E-state index in [0.29, 0.717) is 6.54 Å². The molecule has 0 N–H and O–H groups in total. The maximum atomic E-state index is 12.6. The van der Waals surface area contributed by atoms with Gasteiger partial charge in [-0.2, -0.15) is 8.78 Å². The molecule has 128 valence electrons. The number of carbonyl (C=O) groups is 1. The Morgan fingerprint density at radius 2 is 1.68 bits per heavy atom. The number of nitrogens with zero attached hydrogens (tertiary/aromatic N) is 1. The van der Waals surface area contributed by atoms with Crippen molar-refractivity contribution in [3.63, 3.8) is 0 Å². The van der Waals surface area contributed by atoms with Crippen molar-refractivity contribution in [3.8, 4) is 5.75 Å². The summed E-state index contributed by atoms with van der Waals surface area (Å²) in [6, 6.07) is 19.9.